The zero-order valence-electron chi connectivity index (χ0n) is 19.2. The van der Waals surface area contributed by atoms with Crippen molar-refractivity contribution >= 4 is 42.8 Å². The Balaban J connectivity index is 1.47. The average Bonchev–Trinajstić information content (AvgIpc) is 2.89. The van der Waals surface area contributed by atoms with Crippen molar-refractivity contribution in [2.75, 3.05) is 9.44 Å². The van der Waals surface area contributed by atoms with Crippen LogP contribution in [0.25, 0.3) is 11.1 Å². The second kappa shape index (κ2) is 10.3. The van der Waals surface area contributed by atoms with Crippen LogP contribution < -0.4 is 9.44 Å². The summed E-state index contributed by atoms with van der Waals surface area (Å²) in [5.41, 5.74) is 1.19. The zero-order chi connectivity index (χ0) is 27.5. The molecule has 0 bridgehead atoms. The fraction of sp³-hybridized carbons (Fsp3) is 0. The van der Waals surface area contributed by atoms with Gasteiger partial charge in [-0.2, -0.15) is 0 Å². The third-order valence-corrected chi connectivity index (χ3v) is 8.04. The van der Waals surface area contributed by atoms with Crippen LogP contribution in [0.4, 0.5) is 22.7 Å². The summed E-state index contributed by atoms with van der Waals surface area (Å²) in [5, 5.41) is 21.9. The van der Waals surface area contributed by atoms with Gasteiger partial charge in [0.2, 0.25) is 0 Å². The topological polar surface area (TPSA) is 179 Å². The Morgan fingerprint density at radius 1 is 0.526 bits per heavy atom. The molecule has 4 aromatic carbocycles. The predicted molar refractivity (Wildman–Crippen MR) is 140 cm³/mol. The number of non-ortho nitro benzene ring substituents is 2. The number of nitro benzene ring substituents is 2. The van der Waals surface area contributed by atoms with Crippen LogP contribution in [0.1, 0.15) is 0 Å². The molecule has 2 N–H and O–H groups in total. The van der Waals surface area contributed by atoms with E-state index in [1.807, 2.05) is 0 Å². The van der Waals surface area contributed by atoms with Crippen LogP contribution >= 0.6 is 0 Å². The summed E-state index contributed by atoms with van der Waals surface area (Å²) < 4.78 is 55.2. The highest BCUT2D eigenvalue weighted by atomic mass is 32.2. The summed E-state index contributed by atoms with van der Waals surface area (Å²) in [6, 6.07) is 22.0. The number of hydrogen-bond acceptors (Lipinski definition) is 8. The first-order valence-electron chi connectivity index (χ1n) is 10.7. The van der Waals surface area contributed by atoms with E-state index in [-0.39, 0.29) is 32.5 Å². The molecule has 0 aliphatic carbocycles. The van der Waals surface area contributed by atoms with Crippen molar-refractivity contribution in [2.45, 2.75) is 9.79 Å². The highest BCUT2D eigenvalue weighted by Crippen LogP contribution is 2.26. The average molecular weight is 555 g/mol. The van der Waals surface area contributed by atoms with Gasteiger partial charge in [0.15, 0.2) is 0 Å². The molecule has 4 rings (SSSR count). The second-order valence-corrected chi connectivity index (χ2v) is 11.2. The highest BCUT2D eigenvalue weighted by molar-refractivity contribution is 7.93. The SMILES string of the molecule is O=[N+]([O-])c1cccc(S(=O)(=O)Nc2ccc(-c3ccc(NS(=O)(=O)c4cccc([N+](=O)[O-])c4)cc3)cc2)c1. The van der Waals surface area contributed by atoms with Crippen LogP contribution in [-0.2, 0) is 20.0 Å². The van der Waals surface area contributed by atoms with Crippen molar-refractivity contribution in [3.8, 4) is 11.1 Å². The molecule has 0 aromatic heterocycles. The number of nitrogens with zero attached hydrogens (tertiary/aromatic N) is 2. The van der Waals surface area contributed by atoms with Crippen LogP contribution in [0.15, 0.2) is 107 Å². The van der Waals surface area contributed by atoms with Gasteiger partial charge in [0.25, 0.3) is 31.4 Å². The number of anilines is 2. The minimum absolute atomic E-state index is 0.238. The summed E-state index contributed by atoms with van der Waals surface area (Å²) in [6.45, 7) is 0. The van der Waals surface area contributed by atoms with E-state index in [9.17, 15) is 37.1 Å². The fourth-order valence-corrected chi connectivity index (χ4v) is 5.61. The van der Waals surface area contributed by atoms with Gasteiger partial charge >= 0.3 is 0 Å². The third kappa shape index (κ3) is 5.93. The number of rotatable bonds is 9. The van der Waals surface area contributed by atoms with Gasteiger partial charge in [-0.05, 0) is 47.5 Å². The molecule has 194 valence electrons. The molecule has 0 aliphatic heterocycles. The molecule has 4 aromatic rings. The first-order chi connectivity index (χ1) is 17.9. The molecule has 0 amide bonds. The van der Waals surface area contributed by atoms with Crippen molar-refractivity contribution in [1.29, 1.82) is 0 Å². The minimum atomic E-state index is -4.06. The lowest BCUT2D eigenvalue weighted by Crippen LogP contribution is -2.13. The maximum Gasteiger partial charge on any atom is 0.270 e. The van der Waals surface area contributed by atoms with Gasteiger partial charge in [-0.15, -0.1) is 0 Å². The monoisotopic (exact) mass is 554 g/mol. The Kier molecular flexibility index (Phi) is 7.10. The van der Waals surface area contributed by atoms with Crippen molar-refractivity contribution in [3.63, 3.8) is 0 Å². The maximum atomic E-state index is 12.6. The molecule has 0 saturated carbocycles. The van der Waals surface area contributed by atoms with Crippen LogP contribution in [0, 0.1) is 20.2 Å². The fourth-order valence-electron chi connectivity index (χ4n) is 3.42. The number of sulfonamides is 2. The number of nitrogens with one attached hydrogen (secondary N) is 2. The van der Waals surface area contributed by atoms with Crippen molar-refractivity contribution in [1.82, 2.24) is 0 Å². The Morgan fingerprint density at radius 3 is 1.18 bits per heavy atom. The van der Waals surface area contributed by atoms with Crippen LogP contribution in [0.5, 0.6) is 0 Å². The number of benzene rings is 4. The third-order valence-electron chi connectivity index (χ3n) is 5.29. The van der Waals surface area contributed by atoms with E-state index in [0.717, 1.165) is 12.1 Å². The van der Waals surface area contributed by atoms with Crippen molar-refractivity contribution < 1.29 is 26.7 Å². The molecule has 0 aliphatic rings. The molecule has 38 heavy (non-hydrogen) atoms. The van der Waals surface area contributed by atoms with Crippen molar-refractivity contribution in [2.24, 2.45) is 0 Å². The summed E-state index contributed by atoms with van der Waals surface area (Å²) >= 11 is 0. The van der Waals surface area contributed by atoms with E-state index >= 15 is 0 Å². The first kappa shape index (κ1) is 26.2. The lowest BCUT2D eigenvalue weighted by Gasteiger charge is -2.10. The Bertz CT molecular complexity index is 1610. The molecule has 0 radical (unpaired) electrons. The molecular formula is C24H18N4O8S2. The molecule has 0 heterocycles. The second-order valence-electron chi connectivity index (χ2n) is 7.87. The zero-order valence-corrected chi connectivity index (χ0v) is 20.8. The molecule has 0 spiro atoms. The van der Waals surface area contributed by atoms with Crippen molar-refractivity contribution in [3.05, 3.63) is 117 Å². The van der Waals surface area contributed by atoms with E-state index in [1.165, 1.54) is 60.7 Å². The van der Waals surface area contributed by atoms with Gasteiger partial charge in [0, 0.05) is 35.6 Å². The van der Waals surface area contributed by atoms with Crippen LogP contribution in [0.2, 0.25) is 0 Å². The van der Waals surface area contributed by atoms with Gasteiger partial charge in [0.1, 0.15) is 0 Å². The predicted octanol–water partition coefficient (Wildman–Crippen LogP) is 4.77. The number of nitro groups is 2. The summed E-state index contributed by atoms with van der Waals surface area (Å²) in [6.07, 6.45) is 0. The quantitative estimate of drug-likeness (QED) is 0.219. The maximum absolute atomic E-state index is 12.6. The van der Waals surface area contributed by atoms with Gasteiger partial charge in [-0.25, -0.2) is 16.8 Å². The molecule has 0 unspecified atom stereocenters. The first-order valence-corrected chi connectivity index (χ1v) is 13.7. The Labute approximate surface area is 217 Å². The molecule has 0 fully saturated rings. The molecule has 0 atom stereocenters. The smallest absolute Gasteiger partial charge is 0.270 e. The van der Waals surface area contributed by atoms with E-state index in [1.54, 1.807) is 24.3 Å². The largest absolute Gasteiger partial charge is 0.280 e. The summed E-state index contributed by atoms with van der Waals surface area (Å²) in [4.78, 5) is 20.0. The lowest BCUT2D eigenvalue weighted by molar-refractivity contribution is -0.385. The van der Waals surface area contributed by atoms with Gasteiger partial charge in [0.05, 0.1) is 19.6 Å². The van der Waals surface area contributed by atoms with E-state index < -0.39 is 29.9 Å². The lowest BCUT2D eigenvalue weighted by atomic mass is 10.1. The van der Waals surface area contributed by atoms with Crippen LogP contribution in [-0.4, -0.2) is 26.7 Å². The standard InChI is InChI=1S/C24H18N4O8S2/c29-27(30)21-3-1-5-23(15-21)37(33,34)25-19-11-7-17(8-12-19)18-9-13-20(14-10-18)26-38(35,36)24-6-2-4-22(16-24)28(31)32/h1-16,25-26H. The highest BCUT2D eigenvalue weighted by Gasteiger charge is 2.19. The minimum Gasteiger partial charge on any atom is -0.280 e. The molecule has 0 saturated heterocycles. The Morgan fingerprint density at radius 2 is 0.868 bits per heavy atom. The van der Waals surface area contributed by atoms with E-state index in [0.29, 0.717) is 11.1 Å². The van der Waals surface area contributed by atoms with E-state index in [2.05, 4.69) is 9.44 Å². The van der Waals surface area contributed by atoms with Gasteiger partial charge in [-0.3, -0.25) is 29.7 Å². The van der Waals surface area contributed by atoms with E-state index in [4.69, 9.17) is 0 Å². The van der Waals surface area contributed by atoms with Gasteiger partial charge in [-0.1, -0.05) is 36.4 Å². The normalized spacial score (nSPS) is 11.5. The molecule has 12 nitrogen and oxygen atoms in total. The summed E-state index contributed by atoms with van der Waals surface area (Å²) in [7, 11) is -8.11. The molecular weight excluding hydrogens is 536 g/mol. The Hall–Kier alpha value is -4.82. The van der Waals surface area contributed by atoms with Gasteiger partial charge < -0.3 is 0 Å². The van der Waals surface area contributed by atoms with Crippen LogP contribution in [0.3, 0.4) is 0 Å². The summed E-state index contributed by atoms with van der Waals surface area (Å²) in [5.74, 6) is 0. The molecule has 14 heteroatoms. The number of hydrogen-bond donors (Lipinski definition) is 2.